The minimum atomic E-state index is -0.0923. The van der Waals surface area contributed by atoms with Gasteiger partial charge in [0.05, 0.1) is 24.4 Å². The number of nitrogens with zero attached hydrogens (tertiary/aromatic N) is 4. The van der Waals surface area contributed by atoms with Gasteiger partial charge >= 0.3 is 0 Å². The Balaban J connectivity index is 1.81. The molecular formula is C16H23ClN4O2. The zero-order valence-electron chi connectivity index (χ0n) is 13.7. The van der Waals surface area contributed by atoms with Crippen molar-refractivity contribution in [3.05, 3.63) is 16.9 Å². The summed E-state index contributed by atoms with van der Waals surface area (Å²) in [4.78, 5) is 25.5. The van der Waals surface area contributed by atoms with Crippen LogP contribution in [0.2, 0.25) is 5.02 Å². The standard InChI is InChI=1S/C16H23ClN4O2/c1-11-7-12(2)10-21(9-11)15(22)14-13(17)8-18-16(19-14)20-3-5-23-6-4-20/h8,11-12H,3-7,9-10H2,1-2H3/t11-,12-/m0/s1. The lowest BCUT2D eigenvalue weighted by Gasteiger charge is -2.35. The maximum atomic E-state index is 12.9. The van der Waals surface area contributed by atoms with Crippen molar-refractivity contribution >= 4 is 23.5 Å². The average Bonchev–Trinajstić information content (AvgIpc) is 2.54. The number of likely N-dealkylation sites (tertiary alicyclic amines) is 1. The molecule has 1 aromatic rings. The van der Waals surface area contributed by atoms with Crippen molar-refractivity contribution < 1.29 is 9.53 Å². The molecule has 0 bridgehead atoms. The highest BCUT2D eigenvalue weighted by molar-refractivity contribution is 6.33. The van der Waals surface area contributed by atoms with Crippen LogP contribution in [0.15, 0.2) is 6.20 Å². The van der Waals surface area contributed by atoms with Gasteiger partial charge in [0.1, 0.15) is 0 Å². The molecule has 3 heterocycles. The molecule has 0 radical (unpaired) electrons. The Kier molecular flexibility index (Phi) is 5.02. The molecule has 0 N–H and O–H groups in total. The number of carbonyl (C=O) groups is 1. The summed E-state index contributed by atoms with van der Waals surface area (Å²) in [5.74, 6) is 1.47. The Labute approximate surface area is 141 Å². The van der Waals surface area contributed by atoms with Crippen LogP contribution in [0.4, 0.5) is 5.95 Å². The van der Waals surface area contributed by atoms with Crippen molar-refractivity contribution in [3.8, 4) is 0 Å². The molecule has 2 fully saturated rings. The first kappa shape index (κ1) is 16.5. The maximum Gasteiger partial charge on any atom is 0.274 e. The van der Waals surface area contributed by atoms with Gasteiger partial charge in [0.15, 0.2) is 5.69 Å². The highest BCUT2D eigenvalue weighted by Crippen LogP contribution is 2.25. The van der Waals surface area contributed by atoms with Crippen LogP contribution < -0.4 is 4.90 Å². The van der Waals surface area contributed by atoms with E-state index in [0.29, 0.717) is 41.7 Å². The number of aromatic nitrogens is 2. The fourth-order valence-electron chi connectivity index (χ4n) is 3.40. The van der Waals surface area contributed by atoms with Crippen LogP contribution in [0.3, 0.4) is 0 Å². The normalized spacial score (nSPS) is 25.5. The van der Waals surface area contributed by atoms with Crippen molar-refractivity contribution in [1.82, 2.24) is 14.9 Å². The number of halogens is 1. The van der Waals surface area contributed by atoms with Crippen LogP contribution in [0.5, 0.6) is 0 Å². The molecule has 2 saturated heterocycles. The Hall–Kier alpha value is -1.40. The topological polar surface area (TPSA) is 58.6 Å². The third-order valence-corrected chi connectivity index (χ3v) is 4.66. The Morgan fingerprint density at radius 3 is 2.57 bits per heavy atom. The van der Waals surface area contributed by atoms with Gasteiger partial charge in [0, 0.05) is 26.2 Å². The molecule has 7 heteroatoms. The summed E-state index contributed by atoms with van der Waals surface area (Å²) in [6.07, 6.45) is 2.68. The summed E-state index contributed by atoms with van der Waals surface area (Å²) < 4.78 is 5.34. The Morgan fingerprint density at radius 1 is 1.26 bits per heavy atom. The molecule has 0 saturated carbocycles. The van der Waals surface area contributed by atoms with Crippen molar-refractivity contribution in [2.24, 2.45) is 11.8 Å². The molecule has 126 valence electrons. The number of rotatable bonds is 2. The highest BCUT2D eigenvalue weighted by atomic mass is 35.5. The van der Waals surface area contributed by atoms with Crippen LogP contribution in [0.1, 0.15) is 30.8 Å². The van der Waals surface area contributed by atoms with E-state index in [0.717, 1.165) is 32.6 Å². The summed E-state index contributed by atoms with van der Waals surface area (Å²) in [5.41, 5.74) is 0.310. The van der Waals surface area contributed by atoms with Crippen molar-refractivity contribution in [2.45, 2.75) is 20.3 Å². The first-order valence-electron chi connectivity index (χ1n) is 8.19. The fourth-order valence-corrected chi connectivity index (χ4v) is 3.57. The van der Waals surface area contributed by atoms with Gasteiger partial charge in [0.2, 0.25) is 5.95 Å². The van der Waals surface area contributed by atoms with E-state index in [9.17, 15) is 4.79 Å². The molecule has 0 unspecified atom stereocenters. The van der Waals surface area contributed by atoms with Gasteiger partial charge in [-0.25, -0.2) is 9.97 Å². The lowest BCUT2D eigenvalue weighted by Crippen LogP contribution is -2.43. The first-order valence-corrected chi connectivity index (χ1v) is 8.57. The lowest BCUT2D eigenvalue weighted by molar-refractivity contribution is 0.0617. The molecule has 2 aliphatic rings. The molecule has 0 aliphatic carbocycles. The third kappa shape index (κ3) is 3.75. The van der Waals surface area contributed by atoms with E-state index in [1.807, 2.05) is 9.80 Å². The number of ether oxygens (including phenoxy) is 1. The van der Waals surface area contributed by atoms with E-state index in [4.69, 9.17) is 16.3 Å². The maximum absolute atomic E-state index is 12.9. The number of amides is 1. The molecule has 6 nitrogen and oxygen atoms in total. The molecule has 0 aromatic carbocycles. The van der Waals surface area contributed by atoms with E-state index in [1.54, 1.807) is 0 Å². The highest BCUT2D eigenvalue weighted by Gasteiger charge is 2.29. The minimum Gasteiger partial charge on any atom is -0.378 e. The molecule has 0 spiro atoms. The molecule has 1 amide bonds. The van der Waals surface area contributed by atoms with E-state index in [-0.39, 0.29) is 5.91 Å². The van der Waals surface area contributed by atoms with Crippen LogP contribution in [0, 0.1) is 11.8 Å². The quantitative estimate of drug-likeness (QED) is 0.826. The van der Waals surface area contributed by atoms with Crippen LogP contribution in [-0.2, 0) is 4.74 Å². The van der Waals surface area contributed by atoms with Crippen molar-refractivity contribution in [2.75, 3.05) is 44.3 Å². The van der Waals surface area contributed by atoms with E-state index < -0.39 is 0 Å². The van der Waals surface area contributed by atoms with Crippen molar-refractivity contribution in [1.29, 1.82) is 0 Å². The number of piperidine rings is 1. The average molecular weight is 339 g/mol. The number of anilines is 1. The second-order valence-corrected chi connectivity index (χ2v) is 7.03. The van der Waals surface area contributed by atoms with E-state index in [2.05, 4.69) is 23.8 Å². The van der Waals surface area contributed by atoms with E-state index in [1.165, 1.54) is 6.20 Å². The summed E-state index contributed by atoms with van der Waals surface area (Å²) >= 11 is 6.21. The predicted octanol–water partition coefficient (Wildman–Crippen LogP) is 2.08. The smallest absolute Gasteiger partial charge is 0.274 e. The van der Waals surface area contributed by atoms with Gasteiger partial charge in [-0.05, 0) is 18.3 Å². The van der Waals surface area contributed by atoms with Crippen LogP contribution in [-0.4, -0.2) is 60.2 Å². The van der Waals surface area contributed by atoms with E-state index >= 15 is 0 Å². The van der Waals surface area contributed by atoms with Gasteiger partial charge in [-0.2, -0.15) is 0 Å². The Bertz CT molecular complexity index is 567. The number of hydrogen-bond acceptors (Lipinski definition) is 5. The first-order chi connectivity index (χ1) is 11.0. The fraction of sp³-hybridized carbons (Fsp3) is 0.688. The van der Waals surface area contributed by atoms with Gasteiger partial charge in [0.25, 0.3) is 5.91 Å². The van der Waals surface area contributed by atoms with Crippen LogP contribution in [0.25, 0.3) is 0 Å². The largest absolute Gasteiger partial charge is 0.378 e. The molecule has 23 heavy (non-hydrogen) atoms. The SMILES string of the molecule is C[C@H]1C[C@H](C)CN(C(=O)c2nc(N3CCOCC3)ncc2Cl)C1. The van der Waals surface area contributed by atoms with Gasteiger partial charge < -0.3 is 14.5 Å². The second kappa shape index (κ2) is 7.01. The Morgan fingerprint density at radius 2 is 1.91 bits per heavy atom. The summed E-state index contributed by atoms with van der Waals surface area (Å²) in [6, 6.07) is 0. The number of carbonyl (C=O) groups excluding carboxylic acids is 1. The predicted molar refractivity (Wildman–Crippen MR) is 88.9 cm³/mol. The van der Waals surface area contributed by atoms with Crippen LogP contribution >= 0.6 is 11.6 Å². The summed E-state index contributed by atoms with van der Waals surface area (Å²) in [5, 5.41) is 0.317. The molecule has 1 aromatic heterocycles. The van der Waals surface area contributed by atoms with Gasteiger partial charge in [-0.3, -0.25) is 4.79 Å². The summed E-state index contributed by atoms with van der Waals surface area (Å²) in [6.45, 7) is 8.63. The molecule has 2 aliphatic heterocycles. The monoisotopic (exact) mass is 338 g/mol. The third-order valence-electron chi connectivity index (χ3n) is 4.38. The van der Waals surface area contributed by atoms with Crippen molar-refractivity contribution in [3.63, 3.8) is 0 Å². The minimum absolute atomic E-state index is 0.0923. The molecular weight excluding hydrogens is 316 g/mol. The second-order valence-electron chi connectivity index (χ2n) is 6.62. The molecule has 3 rings (SSSR count). The zero-order valence-corrected chi connectivity index (χ0v) is 14.4. The van der Waals surface area contributed by atoms with Gasteiger partial charge in [-0.1, -0.05) is 25.4 Å². The number of morpholine rings is 1. The lowest BCUT2D eigenvalue weighted by atomic mass is 9.92. The summed E-state index contributed by atoms with van der Waals surface area (Å²) in [7, 11) is 0. The number of hydrogen-bond donors (Lipinski definition) is 0. The molecule has 2 atom stereocenters. The van der Waals surface area contributed by atoms with Gasteiger partial charge in [-0.15, -0.1) is 0 Å². The zero-order chi connectivity index (χ0) is 16.4.